The van der Waals surface area contributed by atoms with Crippen LogP contribution in [0, 0.1) is 0 Å². The lowest BCUT2D eigenvalue weighted by Crippen LogP contribution is -2.26. The number of aromatic nitrogens is 2. The minimum absolute atomic E-state index is 0.453. The average Bonchev–Trinajstić information content (AvgIpc) is 3.02. The van der Waals surface area contributed by atoms with E-state index in [0.717, 1.165) is 29.1 Å². The molecule has 2 aromatic heterocycles. The summed E-state index contributed by atoms with van der Waals surface area (Å²) in [7, 11) is -3.08. The van der Waals surface area contributed by atoms with Gasteiger partial charge in [-0.3, -0.25) is 5.10 Å². The Bertz CT molecular complexity index is 620. The maximum Gasteiger partial charge on any atom is 0.208 e. The number of sulfonamides is 1. The third kappa shape index (κ3) is 4.71. The van der Waals surface area contributed by atoms with E-state index in [9.17, 15) is 8.42 Å². The van der Waals surface area contributed by atoms with Crippen molar-refractivity contribution >= 4 is 21.4 Å². The van der Waals surface area contributed by atoms with Crippen LogP contribution in [0.5, 0.6) is 0 Å². The molecule has 110 valence electrons. The van der Waals surface area contributed by atoms with Gasteiger partial charge in [-0.2, -0.15) is 5.10 Å². The molecule has 0 atom stereocenters. The Hall–Kier alpha value is -1.22. The topological polar surface area (TPSA) is 86.9 Å². The van der Waals surface area contributed by atoms with E-state index in [0.29, 0.717) is 13.1 Å². The quantitative estimate of drug-likeness (QED) is 0.638. The molecular formula is C12H18N4O2S2. The highest BCUT2D eigenvalue weighted by molar-refractivity contribution is 7.88. The van der Waals surface area contributed by atoms with Crippen molar-refractivity contribution in [3.63, 3.8) is 0 Å². The number of thiophene rings is 1. The van der Waals surface area contributed by atoms with E-state index in [1.54, 1.807) is 11.3 Å². The van der Waals surface area contributed by atoms with Crippen LogP contribution in [0.25, 0.3) is 10.6 Å². The van der Waals surface area contributed by atoms with Gasteiger partial charge in [-0.25, -0.2) is 13.1 Å². The van der Waals surface area contributed by atoms with Gasteiger partial charge in [0.15, 0.2) is 0 Å². The smallest absolute Gasteiger partial charge is 0.208 e. The standard InChI is InChI=1S/C12H18N4O2S2/c1-20(17,18)15-6-3-5-13-8-10-9-14-16-12(10)11-4-2-7-19-11/h2,4,7,9,13,15H,3,5-6,8H2,1H3,(H,14,16). The Labute approximate surface area is 122 Å². The highest BCUT2D eigenvalue weighted by atomic mass is 32.2. The minimum atomic E-state index is -3.08. The molecule has 2 rings (SSSR count). The van der Waals surface area contributed by atoms with E-state index in [1.165, 1.54) is 6.26 Å². The molecule has 3 N–H and O–H groups in total. The van der Waals surface area contributed by atoms with Crippen LogP contribution in [-0.2, 0) is 16.6 Å². The highest BCUT2D eigenvalue weighted by Gasteiger charge is 2.07. The molecule has 2 aromatic rings. The third-order valence-corrected chi connectivity index (χ3v) is 4.31. The van der Waals surface area contributed by atoms with Crippen LogP contribution >= 0.6 is 11.3 Å². The van der Waals surface area contributed by atoms with Gasteiger partial charge in [-0.15, -0.1) is 11.3 Å². The first-order valence-corrected chi connectivity index (χ1v) is 9.05. The molecule has 0 aliphatic carbocycles. The van der Waals surface area contributed by atoms with Crippen LogP contribution in [-0.4, -0.2) is 38.0 Å². The molecular weight excluding hydrogens is 296 g/mol. The number of H-pyrrole nitrogens is 1. The zero-order valence-corrected chi connectivity index (χ0v) is 12.9. The molecule has 20 heavy (non-hydrogen) atoms. The predicted octanol–water partition coefficient (Wildman–Crippen LogP) is 1.17. The summed E-state index contributed by atoms with van der Waals surface area (Å²) < 4.78 is 24.2. The molecule has 0 radical (unpaired) electrons. The van der Waals surface area contributed by atoms with Crippen LogP contribution in [0.1, 0.15) is 12.0 Å². The lowest BCUT2D eigenvalue weighted by molar-refractivity contribution is 0.579. The number of hydrogen-bond acceptors (Lipinski definition) is 5. The number of rotatable bonds is 8. The van der Waals surface area contributed by atoms with Crippen molar-refractivity contribution in [1.82, 2.24) is 20.2 Å². The lowest BCUT2D eigenvalue weighted by atomic mass is 10.2. The number of nitrogens with zero attached hydrogens (tertiary/aromatic N) is 1. The summed E-state index contributed by atoms with van der Waals surface area (Å²) in [5, 5.41) is 12.4. The van der Waals surface area contributed by atoms with E-state index >= 15 is 0 Å². The van der Waals surface area contributed by atoms with Crippen LogP contribution < -0.4 is 10.0 Å². The lowest BCUT2D eigenvalue weighted by Gasteiger charge is -2.05. The molecule has 0 aliphatic heterocycles. The molecule has 0 aromatic carbocycles. The molecule has 0 spiro atoms. The van der Waals surface area contributed by atoms with Crippen LogP contribution in [0.3, 0.4) is 0 Å². The first kappa shape index (κ1) is 15.2. The van der Waals surface area contributed by atoms with E-state index < -0.39 is 10.0 Å². The van der Waals surface area contributed by atoms with Gasteiger partial charge in [-0.1, -0.05) is 6.07 Å². The fourth-order valence-electron chi connectivity index (χ4n) is 1.77. The zero-order valence-electron chi connectivity index (χ0n) is 11.2. The minimum Gasteiger partial charge on any atom is -0.312 e. The monoisotopic (exact) mass is 314 g/mol. The van der Waals surface area contributed by atoms with Gasteiger partial charge < -0.3 is 5.32 Å². The number of nitrogens with one attached hydrogen (secondary N) is 3. The first-order valence-electron chi connectivity index (χ1n) is 6.28. The molecule has 0 unspecified atom stereocenters. The molecule has 0 saturated heterocycles. The van der Waals surface area contributed by atoms with Gasteiger partial charge in [0, 0.05) is 18.7 Å². The Morgan fingerprint density at radius 1 is 1.40 bits per heavy atom. The Kier molecular flexibility index (Phi) is 5.30. The average molecular weight is 314 g/mol. The van der Waals surface area contributed by atoms with Crippen molar-refractivity contribution < 1.29 is 8.42 Å². The van der Waals surface area contributed by atoms with Gasteiger partial charge in [0.1, 0.15) is 0 Å². The van der Waals surface area contributed by atoms with Crippen LogP contribution in [0.15, 0.2) is 23.7 Å². The van der Waals surface area contributed by atoms with Gasteiger partial charge in [0.25, 0.3) is 0 Å². The summed E-state index contributed by atoms with van der Waals surface area (Å²) in [6, 6.07) is 4.06. The second-order valence-corrected chi connectivity index (χ2v) is 7.23. The molecule has 0 bridgehead atoms. The van der Waals surface area contributed by atoms with Crippen molar-refractivity contribution in [1.29, 1.82) is 0 Å². The van der Waals surface area contributed by atoms with Gasteiger partial charge in [-0.05, 0) is 24.4 Å². The highest BCUT2D eigenvalue weighted by Crippen LogP contribution is 2.25. The zero-order chi connectivity index (χ0) is 14.4. The van der Waals surface area contributed by atoms with Crippen molar-refractivity contribution in [3.8, 4) is 10.6 Å². The predicted molar refractivity (Wildman–Crippen MR) is 81.1 cm³/mol. The molecule has 6 nitrogen and oxygen atoms in total. The molecule has 0 saturated carbocycles. The summed E-state index contributed by atoms with van der Waals surface area (Å²) in [4.78, 5) is 1.16. The summed E-state index contributed by atoms with van der Waals surface area (Å²) in [5.41, 5.74) is 2.16. The summed E-state index contributed by atoms with van der Waals surface area (Å²) >= 11 is 1.67. The summed E-state index contributed by atoms with van der Waals surface area (Å²) in [6.45, 7) is 1.91. The second-order valence-electron chi connectivity index (χ2n) is 4.44. The number of aromatic amines is 1. The Balaban J connectivity index is 1.74. The van der Waals surface area contributed by atoms with E-state index in [1.807, 2.05) is 17.6 Å². The molecule has 2 heterocycles. The van der Waals surface area contributed by atoms with Gasteiger partial charge in [0.05, 0.1) is 23.0 Å². The van der Waals surface area contributed by atoms with Crippen molar-refractivity contribution in [2.45, 2.75) is 13.0 Å². The Morgan fingerprint density at radius 3 is 2.95 bits per heavy atom. The molecule has 0 fully saturated rings. The van der Waals surface area contributed by atoms with Crippen molar-refractivity contribution in [2.75, 3.05) is 19.3 Å². The molecule has 0 amide bonds. The van der Waals surface area contributed by atoms with Crippen LogP contribution in [0.2, 0.25) is 0 Å². The fraction of sp³-hybridized carbons (Fsp3) is 0.417. The fourth-order valence-corrected chi connectivity index (χ4v) is 3.04. The van der Waals surface area contributed by atoms with E-state index in [4.69, 9.17) is 0 Å². The van der Waals surface area contributed by atoms with Crippen molar-refractivity contribution in [3.05, 3.63) is 29.3 Å². The molecule has 0 aliphatic rings. The molecule has 8 heteroatoms. The Morgan fingerprint density at radius 2 is 2.25 bits per heavy atom. The second kappa shape index (κ2) is 6.98. The van der Waals surface area contributed by atoms with E-state index in [-0.39, 0.29) is 0 Å². The summed E-state index contributed by atoms with van der Waals surface area (Å²) in [6.07, 6.45) is 3.73. The third-order valence-electron chi connectivity index (χ3n) is 2.70. The number of hydrogen-bond donors (Lipinski definition) is 3. The van der Waals surface area contributed by atoms with Gasteiger partial charge in [0.2, 0.25) is 10.0 Å². The maximum absolute atomic E-state index is 10.9. The van der Waals surface area contributed by atoms with Crippen molar-refractivity contribution in [2.24, 2.45) is 0 Å². The van der Waals surface area contributed by atoms with Crippen LogP contribution in [0.4, 0.5) is 0 Å². The van der Waals surface area contributed by atoms with E-state index in [2.05, 4.69) is 26.3 Å². The van der Waals surface area contributed by atoms with Gasteiger partial charge >= 0.3 is 0 Å². The largest absolute Gasteiger partial charge is 0.312 e. The normalized spacial score (nSPS) is 11.8. The first-order chi connectivity index (χ1) is 9.56. The maximum atomic E-state index is 10.9. The summed E-state index contributed by atoms with van der Waals surface area (Å²) in [5.74, 6) is 0. The SMILES string of the molecule is CS(=O)(=O)NCCCNCc1cn[nH]c1-c1cccs1.